The molecule has 1 aliphatic rings. The molecule has 1 fully saturated rings. The van der Waals surface area contributed by atoms with E-state index in [9.17, 15) is 9.59 Å². The molecule has 2 amide bonds. The minimum Gasteiger partial charge on any atom is -0.326 e. The predicted molar refractivity (Wildman–Crippen MR) is 146 cm³/mol. The van der Waals surface area contributed by atoms with Crippen LogP contribution in [0.2, 0.25) is 0 Å². The molecule has 0 aromatic heterocycles. The molecule has 0 unspecified atom stereocenters. The lowest BCUT2D eigenvalue weighted by molar-refractivity contribution is -0.117. The third-order valence-electron chi connectivity index (χ3n) is 6.60. The van der Waals surface area contributed by atoms with E-state index in [0.717, 1.165) is 29.8 Å². The monoisotopic (exact) mass is 480 g/mol. The first-order valence-corrected chi connectivity index (χ1v) is 13.9. The molecule has 184 valence electrons. The molecule has 0 bridgehead atoms. The number of hydrogen-bond donors (Lipinski definition) is 1. The second-order valence-electron chi connectivity index (χ2n) is 9.45. The molecular formula is C29H40N2O2S. The SMILES string of the molecule is CCCCCCCCCCCC(=O)Nc1cccc([C@@H]2SCC(=O)N2c2ccc(C)c(C)c2)c1. The van der Waals surface area contributed by atoms with Crippen molar-refractivity contribution in [1.29, 1.82) is 0 Å². The summed E-state index contributed by atoms with van der Waals surface area (Å²) in [5, 5.41) is 2.98. The van der Waals surface area contributed by atoms with Crippen LogP contribution in [-0.4, -0.2) is 17.6 Å². The molecule has 34 heavy (non-hydrogen) atoms. The number of unbranched alkanes of at least 4 members (excludes halogenated alkanes) is 8. The first-order chi connectivity index (χ1) is 16.5. The molecule has 0 spiro atoms. The van der Waals surface area contributed by atoms with Gasteiger partial charge in [-0.15, -0.1) is 11.8 Å². The summed E-state index contributed by atoms with van der Waals surface area (Å²) >= 11 is 1.64. The zero-order valence-electron chi connectivity index (χ0n) is 21.1. The van der Waals surface area contributed by atoms with Crippen molar-refractivity contribution in [3.05, 3.63) is 59.2 Å². The number of aryl methyl sites for hydroxylation is 2. The second-order valence-corrected chi connectivity index (χ2v) is 10.5. The van der Waals surface area contributed by atoms with E-state index in [-0.39, 0.29) is 17.2 Å². The largest absolute Gasteiger partial charge is 0.326 e. The fourth-order valence-corrected chi connectivity index (χ4v) is 5.58. The molecule has 5 heteroatoms. The first-order valence-electron chi connectivity index (χ1n) is 12.9. The maximum absolute atomic E-state index is 12.7. The Hall–Kier alpha value is -2.27. The number of hydrogen-bond acceptors (Lipinski definition) is 3. The highest BCUT2D eigenvalue weighted by Crippen LogP contribution is 2.42. The summed E-state index contributed by atoms with van der Waals surface area (Å²) < 4.78 is 0. The van der Waals surface area contributed by atoms with Gasteiger partial charge in [-0.2, -0.15) is 0 Å². The molecule has 1 N–H and O–H groups in total. The number of benzene rings is 2. The molecule has 0 aliphatic carbocycles. The Morgan fingerprint density at radius 1 is 0.941 bits per heavy atom. The Bertz CT molecular complexity index is 959. The molecule has 1 aliphatic heterocycles. The van der Waals surface area contributed by atoms with Crippen molar-refractivity contribution in [3.63, 3.8) is 0 Å². The maximum atomic E-state index is 12.7. The van der Waals surface area contributed by atoms with Crippen molar-refractivity contribution in [1.82, 2.24) is 0 Å². The Kier molecular flexibility index (Phi) is 10.5. The molecule has 0 radical (unpaired) electrons. The summed E-state index contributed by atoms with van der Waals surface area (Å²) in [7, 11) is 0. The zero-order valence-corrected chi connectivity index (χ0v) is 21.9. The number of thioether (sulfide) groups is 1. The Morgan fingerprint density at radius 2 is 1.65 bits per heavy atom. The number of amides is 2. The van der Waals surface area contributed by atoms with E-state index in [1.54, 1.807) is 11.8 Å². The van der Waals surface area contributed by atoms with Crippen LogP contribution in [0.5, 0.6) is 0 Å². The number of carbonyl (C=O) groups is 2. The smallest absolute Gasteiger partial charge is 0.238 e. The summed E-state index contributed by atoms with van der Waals surface area (Å²) in [5.74, 6) is 0.659. The molecule has 0 saturated carbocycles. The van der Waals surface area contributed by atoms with Crippen molar-refractivity contribution in [3.8, 4) is 0 Å². The van der Waals surface area contributed by atoms with Gasteiger partial charge in [0.25, 0.3) is 0 Å². The van der Waals surface area contributed by atoms with Crippen molar-refractivity contribution in [2.24, 2.45) is 0 Å². The fraction of sp³-hybridized carbons (Fsp3) is 0.517. The Labute approximate surface area is 209 Å². The number of nitrogens with zero attached hydrogens (tertiary/aromatic N) is 1. The van der Waals surface area contributed by atoms with Gasteiger partial charge in [0.15, 0.2) is 0 Å². The van der Waals surface area contributed by atoms with Crippen molar-refractivity contribution >= 4 is 35.0 Å². The van der Waals surface area contributed by atoms with Gasteiger partial charge < -0.3 is 5.32 Å². The summed E-state index contributed by atoms with van der Waals surface area (Å²) in [6.07, 6.45) is 11.8. The number of anilines is 2. The lowest BCUT2D eigenvalue weighted by atomic mass is 10.1. The van der Waals surface area contributed by atoms with Crippen LogP contribution in [0.3, 0.4) is 0 Å². The summed E-state index contributed by atoms with van der Waals surface area (Å²) in [6, 6.07) is 14.1. The van der Waals surface area contributed by atoms with Crippen LogP contribution in [0.25, 0.3) is 0 Å². The van der Waals surface area contributed by atoms with Gasteiger partial charge in [0.05, 0.1) is 5.75 Å². The number of rotatable bonds is 13. The maximum Gasteiger partial charge on any atom is 0.238 e. The first kappa shape index (κ1) is 26.3. The van der Waals surface area contributed by atoms with Crippen LogP contribution in [0.4, 0.5) is 11.4 Å². The summed E-state index contributed by atoms with van der Waals surface area (Å²) in [4.78, 5) is 27.1. The highest BCUT2D eigenvalue weighted by Gasteiger charge is 2.34. The molecule has 4 nitrogen and oxygen atoms in total. The lowest BCUT2D eigenvalue weighted by Crippen LogP contribution is -2.28. The average Bonchev–Trinajstić information content (AvgIpc) is 3.21. The fourth-order valence-electron chi connectivity index (χ4n) is 4.41. The van der Waals surface area contributed by atoms with E-state index in [0.29, 0.717) is 12.2 Å². The Balaban J connectivity index is 1.50. The number of nitrogens with one attached hydrogen (secondary N) is 1. The lowest BCUT2D eigenvalue weighted by Gasteiger charge is -2.25. The molecule has 2 aromatic rings. The molecule has 1 atom stereocenters. The molecule has 2 aromatic carbocycles. The highest BCUT2D eigenvalue weighted by atomic mass is 32.2. The Morgan fingerprint density at radius 3 is 2.35 bits per heavy atom. The third-order valence-corrected chi connectivity index (χ3v) is 7.81. The van der Waals surface area contributed by atoms with Gasteiger partial charge in [-0.25, -0.2) is 0 Å². The van der Waals surface area contributed by atoms with Gasteiger partial charge >= 0.3 is 0 Å². The second kappa shape index (κ2) is 13.6. The zero-order chi connectivity index (χ0) is 24.3. The normalized spacial score (nSPS) is 15.7. The third kappa shape index (κ3) is 7.63. The van der Waals surface area contributed by atoms with Gasteiger partial charge in [0.2, 0.25) is 11.8 Å². The standard InChI is InChI=1S/C29H40N2O2S/c1-4-5-6-7-8-9-10-11-12-16-27(32)30-25-15-13-14-24(20-25)29-31(28(33)21-34-29)26-18-17-22(2)23(3)19-26/h13-15,17-20,29H,4-12,16,21H2,1-3H3,(H,30,32)/t29-/m0/s1. The van der Waals surface area contributed by atoms with Crippen LogP contribution in [0.1, 0.15) is 93.2 Å². The van der Waals surface area contributed by atoms with Gasteiger partial charge in [-0.3, -0.25) is 14.5 Å². The van der Waals surface area contributed by atoms with Crippen LogP contribution in [-0.2, 0) is 9.59 Å². The minimum atomic E-state index is -0.0798. The minimum absolute atomic E-state index is 0.0706. The topological polar surface area (TPSA) is 49.4 Å². The molecule has 1 saturated heterocycles. The van der Waals surface area contributed by atoms with Gasteiger partial charge in [-0.1, -0.05) is 76.5 Å². The predicted octanol–water partition coefficient (Wildman–Crippen LogP) is 7.94. The van der Waals surface area contributed by atoms with E-state index >= 15 is 0 Å². The van der Waals surface area contributed by atoms with Gasteiger partial charge in [-0.05, 0) is 61.2 Å². The van der Waals surface area contributed by atoms with E-state index in [2.05, 4.69) is 38.2 Å². The van der Waals surface area contributed by atoms with E-state index in [4.69, 9.17) is 0 Å². The molecular weight excluding hydrogens is 440 g/mol. The highest BCUT2D eigenvalue weighted by molar-refractivity contribution is 8.00. The van der Waals surface area contributed by atoms with Crippen molar-refractivity contribution in [2.75, 3.05) is 16.0 Å². The van der Waals surface area contributed by atoms with Crippen LogP contribution in [0.15, 0.2) is 42.5 Å². The number of carbonyl (C=O) groups excluding carboxylic acids is 2. The molecule has 3 rings (SSSR count). The van der Waals surface area contributed by atoms with Crippen LogP contribution in [0, 0.1) is 13.8 Å². The van der Waals surface area contributed by atoms with Crippen molar-refractivity contribution in [2.45, 2.75) is 90.4 Å². The van der Waals surface area contributed by atoms with Crippen LogP contribution < -0.4 is 10.2 Å². The van der Waals surface area contributed by atoms with Gasteiger partial charge in [0.1, 0.15) is 5.37 Å². The summed E-state index contributed by atoms with van der Waals surface area (Å²) in [5.41, 5.74) is 5.17. The average molecular weight is 481 g/mol. The van der Waals surface area contributed by atoms with E-state index in [1.165, 1.54) is 56.1 Å². The quantitative estimate of drug-likeness (QED) is 0.296. The van der Waals surface area contributed by atoms with Crippen LogP contribution >= 0.6 is 11.8 Å². The van der Waals surface area contributed by atoms with E-state index < -0.39 is 0 Å². The van der Waals surface area contributed by atoms with E-state index in [1.807, 2.05) is 35.2 Å². The summed E-state index contributed by atoms with van der Waals surface area (Å²) in [6.45, 7) is 6.40. The van der Waals surface area contributed by atoms with Gasteiger partial charge in [0, 0.05) is 17.8 Å². The van der Waals surface area contributed by atoms with Crippen molar-refractivity contribution < 1.29 is 9.59 Å². The molecule has 1 heterocycles.